The summed E-state index contributed by atoms with van der Waals surface area (Å²) in [4.78, 5) is 32.1. The average molecular weight is 423 g/mol. The van der Waals surface area contributed by atoms with Crippen LogP contribution in [0.15, 0.2) is 36.7 Å². The van der Waals surface area contributed by atoms with Crippen molar-refractivity contribution < 1.29 is 9.59 Å². The van der Waals surface area contributed by atoms with Gasteiger partial charge in [-0.3, -0.25) is 0 Å². The van der Waals surface area contributed by atoms with Crippen LogP contribution in [0.1, 0.15) is 25.7 Å². The van der Waals surface area contributed by atoms with Crippen molar-refractivity contribution in [3.05, 3.63) is 47.0 Å². The number of nitrogens with one attached hydrogen (secondary N) is 4. The lowest BCUT2D eigenvalue weighted by molar-refractivity contribution is 0.233. The lowest BCUT2D eigenvalue weighted by Gasteiger charge is -2.29. The number of anilines is 2. The molecule has 148 valence electrons. The highest BCUT2D eigenvalue weighted by Gasteiger charge is 2.24. The van der Waals surface area contributed by atoms with Crippen molar-refractivity contribution in [1.29, 1.82) is 0 Å². The zero-order chi connectivity index (χ0) is 19.9. The van der Waals surface area contributed by atoms with Gasteiger partial charge in [-0.2, -0.15) is 0 Å². The minimum atomic E-state index is -0.324. The van der Waals surface area contributed by atoms with E-state index in [1.165, 1.54) is 0 Å². The van der Waals surface area contributed by atoms with Gasteiger partial charge in [0, 0.05) is 24.5 Å². The lowest BCUT2D eigenvalue weighted by atomic mass is 9.91. The molecule has 0 spiro atoms. The molecular weight excluding hydrogens is 403 g/mol. The van der Waals surface area contributed by atoms with Gasteiger partial charge in [-0.15, -0.1) is 0 Å². The summed E-state index contributed by atoms with van der Waals surface area (Å²) < 4.78 is 0. The molecular formula is C18H20Cl2N6O2. The van der Waals surface area contributed by atoms with Crippen LogP contribution in [0.4, 0.5) is 21.0 Å². The lowest BCUT2D eigenvalue weighted by Crippen LogP contribution is -2.45. The molecule has 4 amide bonds. The number of carbonyl (C=O) groups excluding carboxylic acids is 2. The second-order valence-corrected chi connectivity index (χ2v) is 7.15. The van der Waals surface area contributed by atoms with E-state index in [0.717, 1.165) is 25.7 Å². The summed E-state index contributed by atoms with van der Waals surface area (Å²) >= 11 is 11.9. The molecule has 1 aliphatic carbocycles. The molecule has 0 aliphatic heterocycles. The predicted molar refractivity (Wildman–Crippen MR) is 109 cm³/mol. The molecule has 10 heteroatoms. The van der Waals surface area contributed by atoms with Crippen molar-refractivity contribution in [1.82, 2.24) is 20.6 Å². The Bertz CT molecular complexity index is 773. The van der Waals surface area contributed by atoms with E-state index < -0.39 is 0 Å². The Morgan fingerprint density at radius 3 is 1.54 bits per heavy atom. The van der Waals surface area contributed by atoms with Crippen molar-refractivity contribution >= 4 is 46.6 Å². The largest absolute Gasteiger partial charge is 0.335 e. The van der Waals surface area contributed by atoms with Crippen LogP contribution in [-0.2, 0) is 0 Å². The van der Waals surface area contributed by atoms with Crippen LogP contribution in [0.5, 0.6) is 0 Å². The van der Waals surface area contributed by atoms with Crippen molar-refractivity contribution in [2.24, 2.45) is 0 Å². The van der Waals surface area contributed by atoms with Crippen LogP contribution in [0.25, 0.3) is 0 Å². The van der Waals surface area contributed by atoms with E-state index in [1.807, 2.05) is 0 Å². The molecule has 0 radical (unpaired) electrons. The number of urea groups is 2. The number of carbonyl (C=O) groups is 2. The van der Waals surface area contributed by atoms with Crippen LogP contribution in [0, 0.1) is 0 Å². The van der Waals surface area contributed by atoms with Gasteiger partial charge in [-0.1, -0.05) is 23.2 Å². The Kier molecular flexibility index (Phi) is 6.89. The number of halogens is 2. The maximum Gasteiger partial charge on any atom is 0.319 e. The van der Waals surface area contributed by atoms with E-state index in [4.69, 9.17) is 23.2 Å². The fourth-order valence-electron chi connectivity index (χ4n) is 3.03. The Morgan fingerprint density at radius 2 is 1.18 bits per heavy atom. The summed E-state index contributed by atoms with van der Waals surface area (Å²) in [7, 11) is 0. The molecule has 2 aromatic rings. The monoisotopic (exact) mass is 422 g/mol. The van der Waals surface area contributed by atoms with E-state index in [9.17, 15) is 9.59 Å². The Hall–Kier alpha value is -2.58. The SMILES string of the molecule is O=C(Nc1cccnc1Cl)NC1CCC(NC(=O)Nc2cccnc2Cl)CC1. The summed E-state index contributed by atoms with van der Waals surface area (Å²) in [6, 6.07) is 6.18. The van der Waals surface area contributed by atoms with E-state index in [2.05, 4.69) is 31.2 Å². The molecule has 8 nitrogen and oxygen atoms in total. The quantitative estimate of drug-likeness (QED) is 0.557. The van der Waals surface area contributed by atoms with Crippen LogP contribution in [0.3, 0.4) is 0 Å². The van der Waals surface area contributed by atoms with Gasteiger partial charge in [0.25, 0.3) is 0 Å². The molecule has 0 bridgehead atoms. The second-order valence-electron chi connectivity index (χ2n) is 6.43. The standard InChI is InChI=1S/C18H20Cl2N6O2/c19-15-13(3-1-9-21-15)25-17(27)23-11-5-7-12(8-6-11)24-18(28)26-14-4-2-10-22-16(14)20/h1-4,9-12H,5-8H2,(H2,23,25,27)(H2,24,26,28). The smallest absolute Gasteiger partial charge is 0.319 e. The topological polar surface area (TPSA) is 108 Å². The van der Waals surface area contributed by atoms with Crippen molar-refractivity contribution in [3.63, 3.8) is 0 Å². The van der Waals surface area contributed by atoms with E-state index >= 15 is 0 Å². The number of hydrogen-bond donors (Lipinski definition) is 4. The first kappa shape index (κ1) is 20.2. The number of pyridine rings is 2. The molecule has 2 aromatic heterocycles. The van der Waals surface area contributed by atoms with Crippen molar-refractivity contribution in [2.75, 3.05) is 10.6 Å². The van der Waals surface area contributed by atoms with Gasteiger partial charge < -0.3 is 21.3 Å². The Labute approximate surface area is 172 Å². The fraction of sp³-hybridized carbons (Fsp3) is 0.333. The maximum atomic E-state index is 12.1. The molecule has 0 aromatic carbocycles. The Morgan fingerprint density at radius 1 is 0.786 bits per heavy atom. The molecule has 0 atom stereocenters. The summed E-state index contributed by atoms with van der Waals surface area (Å²) in [5.41, 5.74) is 0.922. The minimum Gasteiger partial charge on any atom is -0.335 e. The van der Waals surface area contributed by atoms with E-state index in [1.54, 1.807) is 36.7 Å². The zero-order valence-corrected chi connectivity index (χ0v) is 16.4. The number of amides is 4. The third kappa shape index (κ3) is 5.71. The van der Waals surface area contributed by atoms with Crippen molar-refractivity contribution in [3.8, 4) is 0 Å². The van der Waals surface area contributed by atoms with Gasteiger partial charge in [0.15, 0.2) is 10.3 Å². The molecule has 28 heavy (non-hydrogen) atoms. The maximum absolute atomic E-state index is 12.1. The molecule has 3 rings (SSSR count). The van der Waals surface area contributed by atoms with E-state index in [0.29, 0.717) is 11.4 Å². The van der Waals surface area contributed by atoms with Crippen LogP contribution in [-0.4, -0.2) is 34.1 Å². The first-order valence-electron chi connectivity index (χ1n) is 8.87. The number of rotatable bonds is 4. The molecule has 1 aliphatic rings. The third-order valence-corrected chi connectivity index (χ3v) is 5.01. The van der Waals surface area contributed by atoms with Gasteiger partial charge in [0.05, 0.1) is 11.4 Å². The highest BCUT2D eigenvalue weighted by atomic mass is 35.5. The van der Waals surface area contributed by atoms with Gasteiger partial charge in [-0.05, 0) is 49.9 Å². The van der Waals surface area contributed by atoms with Crippen LogP contribution in [0.2, 0.25) is 10.3 Å². The second kappa shape index (κ2) is 9.57. The minimum absolute atomic E-state index is 0.0318. The molecule has 1 fully saturated rings. The first-order chi connectivity index (χ1) is 13.5. The summed E-state index contributed by atoms with van der Waals surface area (Å²) in [6.07, 6.45) is 6.13. The summed E-state index contributed by atoms with van der Waals surface area (Å²) in [5, 5.41) is 11.7. The van der Waals surface area contributed by atoms with Crippen molar-refractivity contribution in [2.45, 2.75) is 37.8 Å². The molecule has 4 N–H and O–H groups in total. The zero-order valence-electron chi connectivity index (χ0n) is 14.9. The first-order valence-corrected chi connectivity index (χ1v) is 9.63. The predicted octanol–water partition coefficient (Wildman–Crippen LogP) is 4.04. The number of nitrogens with zero attached hydrogens (tertiary/aromatic N) is 2. The van der Waals surface area contributed by atoms with Crippen LogP contribution < -0.4 is 21.3 Å². The van der Waals surface area contributed by atoms with Gasteiger partial charge >= 0.3 is 12.1 Å². The normalized spacial score (nSPS) is 18.8. The number of aromatic nitrogens is 2. The van der Waals surface area contributed by atoms with Crippen LogP contribution >= 0.6 is 23.2 Å². The summed E-state index contributed by atoms with van der Waals surface area (Å²) in [6.45, 7) is 0. The highest BCUT2D eigenvalue weighted by molar-refractivity contribution is 6.32. The molecule has 0 unspecified atom stereocenters. The molecule has 1 saturated carbocycles. The van der Waals surface area contributed by atoms with Gasteiger partial charge in [0.2, 0.25) is 0 Å². The number of hydrogen-bond acceptors (Lipinski definition) is 4. The van der Waals surface area contributed by atoms with E-state index in [-0.39, 0.29) is 34.5 Å². The van der Waals surface area contributed by atoms with Gasteiger partial charge in [0.1, 0.15) is 0 Å². The Balaban J connectivity index is 1.40. The molecule has 2 heterocycles. The summed E-state index contributed by atoms with van der Waals surface area (Å²) in [5.74, 6) is 0. The highest BCUT2D eigenvalue weighted by Crippen LogP contribution is 2.21. The van der Waals surface area contributed by atoms with Gasteiger partial charge in [-0.25, -0.2) is 19.6 Å². The average Bonchev–Trinajstić information content (AvgIpc) is 2.67. The fourth-order valence-corrected chi connectivity index (χ4v) is 3.36. The molecule has 0 saturated heterocycles. The third-order valence-electron chi connectivity index (χ3n) is 4.41.